The van der Waals surface area contributed by atoms with Crippen LogP contribution in [0.15, 0.2) is 59.0 Å². The van der Waals surface area contributed by atoms with Crippen molar-refractivity contribution in [3.8, 4) is 11.5 Å². The van der Waals surface area contributed by atoms with Crippen LogP contribution in [0.1, 0.15) is 5.69 Å². The Labute approximate surface area is 115 Å². The second-order valence-electron chi connectivity index (χ2n) is 4.85. The summed E-state index contributed by atoms with van der Waals surface area (Å²) in [5.74, 6) is 0.647. The smallest absolute Gasteiger partial charge is 0.227 e. The van der Waals surface area contributed by atoms with Crippen LogP contribution < -0.4 is 0 Å². The van der Waals surface area contributed by atoms with Gasteiger partial charge in [0.2, 0.25) is 5.89 Å². The molecule has 0 N–H and O–H groups in total. The number of para-hydroxylation sites is 2. The van der Waals surface area contributed by atoms with Crippen molar-refractivity contribution >= 4 is 22.0 Å². The number of hydrogen-bond acceptors (Lipinski definition) is 3. The lowest BCUT2D eigenvalue weighted by molar-refractivity contribution is 0.620. The van der Waals surface area contributed by atoms with Crippen molar-refractivity contribution in [3.63, 3.8) is 0 Å². The number of fused-ring (bicyclic) bond motifs is 2. The lowest BCUT2D eigenvalue weighted by Gasteiger charge is -2.00. The predicted octanol–water partition coefficient (Wildman–Crippen LogP) is 4.35. The minimum Gasteiger partial charge on any atom is -0.436 e. The van der Waals surface area contributed by atoms with E-state index in [1.165, 1.54) is 0 Å². The molecule has 0 amide bonds. The Bertz CT molecular complexity index is 891. The molecule has 4 aromatic rings. The van der Waals surface area contributed by atoms with E-state index in [0.29, 0.717) is 5.89 Å². The van der Waals surface area contributed by atoms with E-state index in [0.717, 1.165) is 33.3 Å². The minimum absolute atomic E-state index is 0.647. The quantitative estimate of drug-likeness (QED) is 0.510. The van der Waals surface area contributed by atoms with Gasteiger partial charge in [-0.2, -0.15) is 0 Å². The summed E-state index contributed by atoms with van der Waals surface area (Å²) in [6, 6.07) is 17.9. The number of nitrogens with zero attached hydrogens (tertiary/aromatic N) is 2. The van der Waals surface area contributed by atoms with Gasteiger partial charge in [0.15, 0.2) is 5.58 Å². The Morgan fingerprint density at radius 3 is 2.65 bits per heavy atom. The molecule has 2 heterocycles. The van der Waals surface area contributed by atoms with Crippen LogP contribution in [-0.2, 0) is 0 Å². The average molecular weight is 260 g/mol. The van der Waals surface area contributed by atoms with Crippen molar-refractivity contribution < 1.29 is 4.42 Å². The highest BCUT2D eigenvalue weighted by atomic mass is 16.3. The molecule has 0 aliphatic carbocycles. The summed E-state index contributed by atoms with van der Waals surface area (Å²) in [4.78, 5) is 9.02. The molecule has 96 valence electrons. The number of hydrogen-bond donors (Lipinski definition) is 0. The van der Waals surface area contributed by atoms with E-state index >= 15 is 0 Å². The van der Waals surface area contributed by atoms with Gasteiger partial charge in [0.25, 0.3) is 0 Å². The Morgan fingerprint density at radius 2 is 1.75 bits per heavy atom. The Balaban J connectivity index is 1.90. The van der Waals surface area contributed by atoms with Crippen molar-refractivity contribution in [2.45, 2.75) is 6.92 Å². The molecule has 0 atom stereocenters. The molecule has 2 aromatic carbocycles. The Hall–Kier alpha value is -2.68. The van der Waals surface area contributed by atoms with Crippen molar-refractivity contribution in [2.75, 3.05) is 0 Å². The van der Waals surface area contributed by atoms with Crippen LogP contribution in [0.25, 0.3) is 33.5 Å². The fraction of sp³-hybridized carbons (Fsp3) is 0.0588. The molecule has 4 rings (SSSR count). The molecule has 0 bridgehead atoms. The molecule has 0 spiro atoms. The van der Waals surface area contributed by atoms with Crippen LogP contribution in [0.4, 0.5) is 0 Å². The van der Waals surface area contributed by atoms with Gasteiger partial charge in [0.05, 0.1) is 5.52 Å². The zero-order valence-electron chi connectivity index (χ0n) is 11.0. The molecule has 0 saturated carbocycles. The molecular weight excluding hydrogens is 248 g/mol. The first-order valence-corrected chi connectivity index (χ1v) is 6.53. The molecule has 0 unspecified atom stereocenters. The maximum Gasteiger partial charge on any atom is 0.227 e. The fourth-order valence-corrected chi connectivity index (χ4v) is 2.36. The lowest BCUT2D eigenvalue weighted by atomic mass is 10.1. The Morgan fingerprint density at radius 1 is 0.850 bits per heavy atom. The topological polar surface area (TPSA) is 38.9 Å². The first kappa shape index (κ1) is 11.2. The van der Waals surface area contributed by atoms with Gasteiger partial charge in [-0.05, 0) is 43.3 Å². The molecule has 3 heteroatoms. The fourth-order valence-electron chi connectivity index (χ4n) is 2.36. The van der Waals surface area contributed by atoms with Gasteiger partial charge in [-0.15, -0.1) is 0 Å². The summed E-state index contributed by atoms with van der Waals surface area (Å²) < 4.78 is 5.80. The highest BCUT2D eigenvalue weighted by Crippen LogP contribution is 2.26. The van der Waals surface area contributed by atoms with Crippen molar-refractivity contribution in [1.29, 1.82) is 0 Å². The second-order valence-corrected chi connectivity index (χ2v) is 4.85. The standard InChI is InChI=1S/C17H12N2O/c1-11-6-7-12-10-13(8-9-14(12)18-11)17-19-15-4-2-3-5-16(15)20-17/h2-10H,1H3. The average Bonchev–Trinajstić information content (AvgIpc) is 2.90. The van der Waals surface area contributed by atoms with Crippen LogP contribution >= 0.6 is 0 Å². The van der Waals surface area contributed by atoms with Crippen molar-refractivity contribution in [1.82, 2.24) is 9.97 Å². The third-order valence-electron chi connectivity index (χ3n) is 3.37. The van der Waals surface area contributed by atoms with Crippen LogP contribution in [0.5, 0.6) is 0 Å². The summed E-state index contributed by atoms with van der Waals surface area (Å²) in [6.45, 7) is 1.99. The van der Waals surface area contributed by atoms with E-state index in [1.54, 1.807) is 0 Å². The van der Waals surface area contributed by atoms with E-state index in [-0.39, 0.29) is 0 Å². The van der Waals surface area contributed by atoms with E-state index in [4.69, 9.17) is 4.42 Å². The number of benzene rings is 2. The number of oxazole rings is 1. The summed E-state index contributed by atoms with van der Waals surface area (Å²) in [7, 11) is 0. The number of rotatable bonds is 1. The van der Waals surface area contributed by atoms with Crippen molar-refractivity contribution in [2.24, 2.45) is 0 Å². The van der Waals surface area contributed by atoms with Gasteiger partial charge in [-0.25, -0.2) is 4.98 Å². The molecule has 3 nitrogen and oxygen atoms in total. The molecule has 0 fully saturated rings. The Kier molecular flexibility index (Phi) is 2.33. The van der Waals surface area contributed by atoms with E-state index in [1.807, 2.05) is 49.4 Å². The molecular formula is C17H12N2O. The SMILES string of the molecule is Cc1ccc2cc(-c3nc4ccccc4o3)ccc2n1. The largest absolute Gasteiger partial charge is 0.436 e. The summed E-state index contributed by atoms with van der Waals surface area (Å²) >= 11 is 0. The third kappa shape index (κ3) is 1.75. The molecule has 0 radical (unpaired) electrons. The van der Waals surface area contributed by atoms with Gasteiger partial charge >= 0.3 is 0 Å². The van der Waals surface area contributed by atoms with Crippen LogP contribution in [0.2, 0.25) is 0 Å². The zero-order valence-corrected chi connectivity index (χ0v) is 11.0. The predicted molar refractivity (Wildman–Crippen MR) is 79.5 cm³/mol. The zero-order chi connectivity index (χ0) is 13.5. The van der Waals surface area contributed by atoms with Crippen LogP contribution in [-0.4, -0.2) is 9.97 Å². The van der Waals surface area contributed by atoms with Gasteiger partial charge < -0.3 is 4.42 Å². The summed E-state index contributed by atoms with van der Waals surface area (Å²) in [5.41, 5.74) is 4.67. The highest BCUT2D eigenvalue weighted by molar-refractivity contribution is 5.84. The first-order valence-electron chi connectivity index (χ1n) is 6.53. The summed E-state index contributed by atoms with van der Waals surface area (Å²) in [6.07, 6.45) is 0. The first-order chi connectivity index (χ1) is 9.79. The normalized spacial score (nSPS) is 11.2. The lowest BCUT2D eigenvalue weighted by Crippen LogP contribution is -1.84. The van der Waals surface area contributed by atoms with Gasteiger partial charge in [-0.1, -0.05) is 18.2 Å². The second kappa shape index (κ2) is 4.17. The van der Waals surface area contributed by atoms with Crippen molar-refractivity contribution in [3.05, 3.63) is 60.3 Å². The van der Waals surface area contributed by atoms with Crippen LogP contribution in [0.3, 0.4) is 0 Å². The molecule has 0 aliphatic rings. The maximum atomic E-state index is 5.80. The third-order valence-corrected chi connectivity index (χ3v) is 3.37. The number of aromatic nitrogens is 2. The van der Waals surface area contributed by atoms with Crippen LogP contribution in [0, 0.1) is 6.92 Å². The highest BCUT2D eigenvalue weighted by Gasteiger charge is 2.08. The minimum atomic E-state index is 0.647. The molecule has 20 heavy (non-hydrogen) atoms. The van der Waals surface area contributed by atoms with Gasteiger partial charge in [0, 0.05) is 16.6 Å². The van der Waals surface area contributed by atoms with Gasteiger partial charge in [-0.3, -0.25) is 4.98 Å². The maximum absolute atomic E-state index is 5.80. The molecule has 2 aromatic heterocycles. The van der Waals surface area contributed by atoms with E-state index in [2.05, 4.69) is 22.1 Å². The van der Waals surface area contributed by atoms with E-state index in [9.17, 15) is 0 Å². The monoisotopic (exact) mass is 260 g/mol. The van der Waals surface area contributed by atoms with Gasteiger partial charge in [0.1, 0.15) is 5.52 Å². The summed E-state index contributed by atoms with van der Waals surface area (Å²) in [5, 5.41) is 1.09. The number of pyridine rings is 1. The molecule has 0 aliphatic heterocycles. The number of aryl methyl sites for hydroxylation is 1. The van der Waals surface area contributed by atoms with E-state index < -0.39 is 0 Å². The molecule has 0 saturated heterocycles.